The Hall–Kier alpha value is -2.74. The lowest BCUT2D eigenvalue weighted by molar-refractivity contribution is 0.0369. The Kier molecular flexibility index (Phi) is 4.81. The Morgan fingerprint density at radius 2 is 1.70 bits per heavy atom. The van der Waals surface area contributed by atoms with E-state index in [0.717, 1.165) is 11.1 Å². The van der Waals surface area contributed by atoms with E-state index >= 15 is 0 Å². The summed E-state index contributed by atoms with van der Waals surface area (Å²) < 4.78 is 33.9. The van der Waals surface area contributed by atoms with Gasteiger partial charge in [-0.25, -0.2) is 8.42 Å². The summed E-state index contributed by atoms with van der Waals surface area (Å²) in [7, 11) is -2.14. The van der Waals surface area contributed by atoms with Crippen LogP contribution in [0.5, 0.6) is 5.75 Å². The molecule has 0 aliphatic carbocycles. The summed E-state index contributed by atoms with van der Waals surface area (Å²) >= 11 is 0. The van der Waals surface area contributed by atoms with Crippen molar-refractivity contribution in [2.24, 2.45) is 0 Å². The van der Waals surface area contributed by atoms with Crippen LogP contribution in [0.1, 0.15) is 11.5 Å². The van der Waals surface area contributed by atoms with Gasteiger partial charge in [0.15, 0.2) is 0 Å². The predicted molar refractivity (Wildman–Crippen MR) is 115 cm³/mol. The normalized spacial score (nSPS) is 23.6. The number of hydrogen-bond donors (Lipinski definition) is 1. The van der Waals surface area contributed by atoms with Crippen LogP contribution in [0.2, 0.25) is 0 Å². The van der Waals surface area contributed by atoms with Crippen molar-refractivity contribution in [1.82, 2.24) is 14.6 Å². The number of fused-ring (bicyclic) bond motifs is 2. The third-order valence-electron chi connectivity index (χ3n) is 6.10. The number of methoxy groups -OCH3 is 1. The van der Waals surface area contributed by atoms with E-state index in [1.807, 2.05) is 18.3 Å². The van der Waals surface area contributed by atoms with E-state index in [-0.39, 0.29) is 22.9 Å². The monoisotopic (exact) mass is 421 g/mol. The number of piperidine rings is 1. The molecule has 2 saturated heterocycles. The van der Waals surface area contributed by atoms with Crippen molar-refractivity contribution in [2.75, 3.05) is 20.2 Å². The van der Waals surface area contributed by atoms with Crippen LogP contribution in [0.15, 0.2) is 78.0 Å². The zero-order valence-electron chi connectivity index (χ0n) is 16.6. The summed E-state index contributed by atoms with van der Waals surface area (Å²) in [5, 5.41) is 3.36. The third kappa shape index (κ3) is 3.01. The van der Waals surface area contributed by atoms with E-state index in [1.165, 1.54) is 12.7 Å². The Labute approximate surface area is 176 Å². The molecule has 3 aromatic rings. The minimum atomic E-state index is -3.64. The van der Waals surface area contributed by atoms with Gasteiger partial charge in [0, 0.05) is 43.5 Å². The number of aromatic nitrogens is 1. The average Bonchev–Trinajstić information content (AvgIpc) is 2.80. The number of sulfonamides is 1. The van der Waals surface area contributed by atoms with Gasteiger partial charge < -0.3 is 10.1 Å². The lowest BCUT2D eigenvalue weighted by atomic mass is 9.74. The second-order valence-electron chi connectivity index (χ2n) is 7.67. The zero-order valence-corrected chi connectivity index (χ0v) is 17.4. The molecule has 0 amide bonds. The highest BCUT2D eigenvalue weighted by Crippen LogP contribution is 2.47. The fourth-order valence-electron chi connectivity index (χ4n) is 4.71. The lowest BCUT2D eigenvalue weighted by Gasteiger charge is -2.57. The third-order valence-corrected chi connectivity index (χ3v) is 8.09. The maximum absolute atomic E-state index is 13.4. The van der Waals surface area contributed by atoms with E-state index < -0.39 is 10.0 Å². The molecule has 2 aliphatic heterocycles. The maximum atomic E-state index is 13.4. The molecule has 2 fully saturated rings. The van der Waals surface area contributed by atoms with Gasteiger partial charge in [0.05, 0.1) is 7.11 Å². The highest BCUT2D eigenvalue weighted by molar-refractivity contribution is 7.89. The number of nitrogens with zero attached hydrogens (tertiary/aromatic N) is 2. The highest BCUT2D eigenvalue weighted by atomic mass is 32.2. The molecule has 3 atom stereocenters. The number of hydrogen-bond acceptors (Lipinski definition) is 5. The minimum Gasteiger partial charge on any atom is -0.495 e. The van der Waals surface area contributed by atoms with E-state index in [4.69, 9.17) is 4.74 Å². The molecule has 1 N–H and O–H groups in total. The number of pyridine rings is 1. The van der Waals surface area contributed by atoms with Gasteiger partial charge in [-0.15, -0.1) is 0 Å². The standard InChI is InChI=1S/C23H23N3O3S/c1-29-21-6-2-3-7-22(21)30(27,28)26-19-14-25-15-20(26)23(19)17-10-8-16(9-11-17)18-5-4-12-24-13-18/h2-13,19-20,23,25H,14-15H2,1H3/t19-,20+,23?. The average molecular weight is 422 g/mol. The molecule has 7 heteroatoms. The number of rotatable bonds is 5. The van der Waals surface area contributed by atoms with Crippen molar-refractivity contribution in [3.8, 4) is 16.9 Å². The molecule has 0 spiro atoms. The van der Waals surface area contributed by atoms with Gasteiger partial charge >= 0.3 is 0 Å². The number of ether oxygens (including phenoxy) is 1. The fraction of sp³-hybridized carbons (Fsp3) is 0.261. The van der Waals surface area contributed by atoms with Gasteiger partial charge in [0.1, 0.15) is 10.6 Å². The van der Waals surface area contributed by atoms with Gasteiger partial charge in [-0.3, -0.25) is 4.98 Å². The summed E-state index contributed by atoms with van der Waals surface area (Å²) in [4.78, 5) is 4.41. The molecule has 2 aliphatic rings. The maximum Gasteiger partial charge on any atom is 0.247 e. The Morgan fingerprint density at radius 3 is 2.37 bits per heavy atom. The topological polar surface area (TPSA) is 71.5 Å². The van der Waals surface area contributed by atoms with Crippen molar-refractivity contribution in [2.45, 2.75) is 22.9 Å². The molecule has 154 valence electrons. The molecule has 0 radical (unpaired) electrons. The van der Waals surface area contributed by atoms with Crippen LogP contribution in [0, 0.1) is 0 Å². The van der Waals surface area contributed by atoms with Crippen LogP contribution in [0.25, 0.3) is 11.1 Å². The highest BCUT2D eigenvalue weighted by Gasteiger charge is 2.57. The van der Waals surface area contributed by atoms with Crippen LogP contribution < -0.4 is 10.1 Å². The SMILES string of the molecule is COc1ccccc1S(=O)(=O)N1[C@@H]2CNC[C@H]1C2c1ccc(-c2cccnc2)cc1. The molecule has 5 rings (SSSR count). The van der Waals surface area contributed by atoms with Gasteiger partial charge in [0.2, 0.25) is 10.0 Å². The molecule has 30 heavy (non-hydrogen) atoms. The van der Waals surface area contributed by atoms with E-state index in [2.05, 4.69) is 34.6 Å². The van der Waals surface area contributed by atoms with Crippen LogP contribution in [0.3, 0.4) is 0 Å². The summed E-state index contributed by atoms with van der Waals surface area (Å²) in [6.45, 7) is 1.28. The van der Waals surface area contributed by atoms with Crippen molar-refractivity contribution in [3.63, 3.8) is 0 Å². The number of nitrogens with one attached hydrogen (secondary N) is 1. The summed E-state index contributed by atoms with van der Waals surface area (Å²) in [5.74, 6) is 0.562. The van der Waals surface area contributed by atoms with Crippen LogP contribution in [0.4, 0.5) is 0 Å². The number of benzene rings is 2. The van der Waals surface area contributed by atoms with Crippen molar-refractivity contribution >= 4 is 10.0 Å². The van der Waals surface area contributed by atoms with Gasteiger partial charge in [-0.2, -0.15) is 4.31 Å². The van der Waals surface area contributed by atoms with E-state index in [1.54, 1.807) is 34.8 Å². The van der Waals surface area contributed by atoms with Crippen molar-refractivity contribution in [3.05, 3.63) is 78.6 Å². The second-order valence-corrected chi connectivity index (χ2v) is 9.48. The number of para-hydroxylation sites is 1. The Bertz CT molecular complexity index is 1140. The molecule has 6 nitrogen and oxygen atoms in total. The van der Waals surface area contributed by atoms with Crippen molar-refractivity contribution in [1.29, 1.82) is 0 Å². The molecule has 1 aromatic heterocycles. The van der Waals surface area contributed by atoms with Gasteiger partial charge in [0.25, 0.3) is 0 Å². The van der Waals surface area contributed by atoms with E-state index in [9.17, 15) is 8.42 Å². The lowest BCUT2D eigenvalue weighted by Crippen LogP contribution is -2.73. The number of piperazine rings is 1. The minimum absolute atomic E-state index is 0.108. The smallest absolute Gasteiger partial charge is 0.247 e. The van der Waals surface area contributed by atoms with Gasteiger partial charge in [-0.1, -0.05) is 42.5 Å². The Morgan fingerprint density at radius 1 is 0.967 bits per heavy atom. The molecular formula is C23H23N3O3S. The molecule has 2 aromatic carbocycles. The molecule has 0 saturated carbocycles. The van der Waals surface area contributed by atoms with Gasteiger partial charge in [-0.05, 0) is 34.9 Å². The second kappa shape index (κ2) is 7.50. The summed E-state index contributed by atoms with van der Waals surface area (Å²) in [5.41, 5.74) is 3.35. The summed E-state index contributed by atoms with van der Waals surface area (Å²) in [6, 6.07) is 19.0. The molecule has 2 bridgehead atoms. The van der Waals surface area contributed by atoms with Crippen molar-refractivity contribution < 1.29 is 13.2 Å². The van der Waals surface area contributed by atoms with Crippen LogP contribution >= 0.6 is 0 Å². The fourth-order valence-corrected chi connectivity index (χ4v) is 6.72. The largest absolute Gasteiger partial charge is 0.495 e. The molecular weight excluding hydrogens is 398 g/mol. The van der Waals surface area contributed by atoms with Crippen LogP contribution in [-0.4, -0.2) is 50.0 Å². The predicted octanol–water partition coefficient (Wildman–Crippen LogP) is 2.89. The summed E-state index contributed by atoms with van der Waals surface area (Å²) in [6.07, 6.45) is 3.61. The first-order valence-electron chi connectivity index (χ1n) is 9.99. The quantitative estimate of drug-likeness (QED) is 0.686. The molecule has 1 unspecified atom stereocenters. The molecule has 3 heterocycles. The first kappa shape index (κ1) is 19.2. The van der Waals surface area contributed by atoms with E-state index in [0.29, 0.717) is 18.8 Å². The Balaban J connectivity index is 1.44. The zero-order chi connectivity index (χ0) is 20.7. The first-order valence-corrected chi connectivity index (χ1v) is 11.4. The first-order chi connectivity index (χ1) is 14.6. The van der Waals surface area contributed by atoms with Crippen LogP contribution in [-0.2, 0) is 10.0 Å².